The number of carboxylic acid groups (broad SMARTS) is 1. The first-order valence-corrected chi connectivity index (χ1v) is 5.17. The molecular weight excluding hydrogens is 262 g/mol. The first-order chi connectivity index (χ1) is 8.52. The van der Waals surface area contributed by atoms with E-state index in [0.29, 0.717) is 16.5 Å². The van der Waals surface area contributed by atoms with Crippen LogP contribution in [0.5, 0.6) is 17.4 Å². The Hall–Kier alpha value is -2.21. The summed E-state index contributed by atoms with van der Waals surface area (Å²) in [6.07, 6.45) is -1.58. The zero-order valence-corrected chi connectivity index (χ0v) is 9.93. The molecule has 2 N–H and O–H groups in total. The van der Waals surface area contributed by atoms with Crippen LogP contribution in [0.3, 0.4) is 0 Å². The fraction of sp³-hybridized carbons (Fsp3) is 0.0909. The van der Waals surface area contributed by atoms with Gasteiger partial charge >= 0.3 is 6.16 Å². The van der Waals surface area contributed by atoms with Crippen LogP contribution < -0.4 is 9.47 Å². The Morgan fingerprint density at radius 2 is 2.11 bits per heavy atom. The van der Waals surface area contributed by atoms with Crippen molar-refractivity contribution in [3.05, 3.63) is 23.4 Å². The summed E-state index contributed by atoms with van der Waals surface area (Å²) >= 11 is 5.90. The van der Waals surface area contributed by atoms with Crippen LogP contribution in [0.1, 0.15) is 0 Å². The molecule has 1 aromatic carbocycles. The number of rotatable bonds is 2. The Morgan fingerprint density at radius 1 is 1.39 bits per heavy atom. The maximum atomic E-state index is 10.4. The SMILES string of the molecule is COc1ccc2c(O)c(OC(=O)O)nc(Cl)c2c1. The molecule has 0 aliphatic rings. The van der Waals surface area contributed by atoms with Gasteiger partial charge in [-0.2, -0.15) is 4.98 Å². The Morgan fingerprint density at radius 3 is 2.72 bits per heavy atom. The Kier molecular flexibility index (Phi) is 3.12. The lowest BCUT2D eigenvalue weighted by Crippen LogP contribution is -2.05. The second kappa shape index (κ2) is 4.58. The minimum absolute atomic E-state index is 0.0120. The molecule has 0 atom stereocenters. The Labute approximate surface area is 106 Å². The molecule has 7 heteroatoms. The molecule has 0 aliphatic carbocycles. The van der Waals surface area contributed by atoms with Gasteiger partial charge in [0.1, 0.15) is 10.9 Å². The van der Waals surface area contributed by atoms with Crippen LogP contribution in [0.4, 0.5) is 4.79 Å². The molecule has 94 valence electrons. The number of hydrogen-bond acceptors (Lipinski definition) is 5. The first kappa shape index (κ1) is 12.3. The Bertz CT molecular complexity index is 628. The number of pyridine rings is 1. The molecule has 2 rings (SSSR count). The highest BCUT2D eigenvalue weighted by molar-refractivity contribution is 6.34. The van der Waals surface area contributed by atoms with Crippen molar-refractivity contribution in [3.8, 4) is 17.4 Å². The van der Waals surface area contributed by atoms with E-state index in [1.165, 1.54) is 13.2 Å². The summed E-state index contributed by atoms with van der Waals surface area (Å²) < 4.78 is 9.35. The topological polar surface area (TPSA) is 88.9 Å². The zero-order chi connectivity index (χ0) is 13.3. The molecule has 6 nitrogen and oxygen atoms in total. The van der Waals surface area contributed by atoms with Crippen LogP contribution in [0.15, 0.2) is 18.2 Å². The summed E-state index contributed by atoms with van der Waals surface area (Å²) in [5.41, 5.74) is 0. The number of halogens is 1. The van der Waals surface area contributed by atoms with E-state index in [0.717, 1.165) is 0 Å². The van der Waals surface area contributed by atoms with E-state index >= 15 is 0 Å². The molecule has 0 fully saturated rings. The Balaban J connectivity index is 2.67. The van der Waals surface area contributed by atoms with Gasteiger partial charge in [0.2, 0.25) is 0 Å². The lowest BCUT2D eigenvalue weighted by Gasteiger charge is -2.08. The van der Waals surface area contributed by atoms with E-state index in [1.807, 2.05) is 0 Å². The standard InChI is InChI=1S/C11H8ClNO5/c1-17-5-2-3-6-7(4-5)9(12)13-10(8(6)14)18-11(15)16/h2-4,14H,1H3,(H,15,16). The van der Waals surface area contributed by atoms with Crippen LogP contribution in [-0.4, -0.2) is 28.5 Å². The predicted octanol–water partition coefficient (Wildman–Crippen LogP) is 2.66. The summed E-state index contributed by atoms with van der Waals surface area (Å²) in [5, 5.41) is 19.1. The van der Waals surface area contributed by atoms with E-state index in [4.69, 9.17) is 21.4 Å². The van der Waals surface area contributed by atoms with E-state index in [-0.39, 0.29) is 10.9 Å². The van der Waals surface area contributed by atoms with Crippen molar-refractivity contribution in [3.63, 3.8) is 0 Å². The quantitative estimate of drug-likeness (QED) is 0.643. The molecule has 0 saturated carbocycles. The van der Waals surface area contributed by atoms with Gasteiger partial charge in [-0.15, -0.1) is 0 Å². The number of carbonyl (C=O) groups is 1. The van der Waals surface area contributed by atoms with Crippen LogP contribution in [0.25, 0.3) is 10.8 Å². The second-order valence-electron chi connectivity index (χ2n) is 3.34. The first-order valence-electron chi connectivity index (χ1n) is 4.80. The largest absolute Gasteiger partial charge is 0.512 e. The van der Waals surface area contributed by atoms with Gasteiger partial charge < -0.3 is 19.7 Å². The summed E-state index contributed by atoms with van der Waals surface area (Å²) in [6.45, 7) is 0. The van der Waals surface area contributed by atoms with Gasteiger partial charge in [0.05, 0.1) is 7.11 Å². The maximum absolute atomic E-state index is 10.4. The molecule has 1 aromatic heterocycles. The van der Waals surface area contributed by atoms with Crippen molar-refractivity contribution in [1.82, 2.24) is 4.98 Å². The lowest BCUT2D eigenvalue weighted by molar-refractivity contribution is 0.141. The zero-order valence-electron chi connectivity index (χ0n) is 9.18. The van der Waals surface area contributed by atoms with Crippen molar-refractivity contribution in [2.75, 3.05) is 7.11 Å². The molecule has 0 aliphatic heterocycles. The van der Waals surface area contributed by atoms with E-state index in [1.54, 1.807) is 12.1 Å². The summed E-state index contributed by atoms with van der Waals surface area (Å²) in [6, 6.07) is 4.71. The van der Waals surface area contributed by atoms with Gasteiger partial charge in [-0.05, 0) is 18.2 Å². The summed E-state index contributed by atoms with van der Waals surface area (Å²) in [7, 11) is 1.49. The molecular formula is C11H8ClNO5. The molecule has 0 bridgehead atoms. The van der Waals surface area contributed by atoms with Gasteiger partial charge in [0.15, 0.2) is 5.75 Å². The molecule has 0 spiro atoms. The van der Waals surface area contributed by atoms with Gasteiger partial charge in [-0.1, -0.05) is 11.6 Å². The summed E-state index contributed by atoms with van der Waals surface area (Å²) in [5.74, 6) is -0.304. The highest BCUT2D eigenvalue weighted by Crippen LogP contribution is 2.37. The normalized spacial score (nSPS) is 10.3. The number of benzene rings is 1. The number of nitrogens with zero attached hydrogens (tertiary/aromatic N) is 1. The number of fused-ring (bicyclic) bond motifs is 1. The van der Waals surface area contributed by atoms with Gasteiger partial charge in [0.25, 0.3) is 5.88 Å². The molecule has 0 unspecified atom stereocenters. The van der Waals surface area contributed by atoms with Crippen LogP contribution in [-0.2, 0) is 0 Å². The van der Waals surface area contributed by atoms with E-state index < -0.39 is 12.0 Å². The minimum atomic E-state index is -1.58. The van der Waals surface area contributed by atoms with Crippen molar-refractivity contribution in [1.29, 1.82) is 0 Å². The summed E-state index contributed by atoms with van der Waals surface area (Å²) in [4.78, 5) is 14.1. The number of methoxy groups -OCH3 is 1. The molecule has 0 saturated heterocycles. The maximum Gasteiger partial charge on any atom is 0.512 e. The fourth-order valence-corrected chi connectivity index (χ4v) is 1.73. The third kappa shape index (κ3) is 2.10. The van der Waals surface area contributed by atoms with Crippen molar-refractivity contribution < 1.29 is 24.5 Å². The van der Waals surface area contributed by atoms with Gasteiger partial charge in [-0.3, -0.25) is 0 Å². The predicted molar refractivity (Wildman–Crippen MR) is 63.6 cm³/mol. The third-order valence-electron chi connectivity index (χ3n) is 2.29. The molecule has 2 aromatic rings. The molecule has 18 heavy (non-hydrogen) atoms. The van der Waals surface area contributed by atoms with Gasteiger partial charge in [-0.25, -0.2) is 4.79 Å². The lowest BCUT2D eigenvalue weighted by atomic mass is 10.1. The van der Waals surface area contributed by atoms with Crippen LogP contribution in [0.2, 0.25) is 5.15 Å². The number of aromatic hydroxyl groups is 1. The third-order valence-corrected chi connectivity index (χ3v) is 2.58. The average molecular weight is 270 g/mol. The highest BCUT2D eigenvalue weighted by atomic mass is 35.5. The van der Waals surface area contributed by atoms with E-state index in [2.05, 4.69) is 9.72 Å². The molecule has 1 heterocycles. The van der Waals surface area contributed by atoms with Crippen LogP contribution >= 0.6 is 11.6 Å². The highest BCUT2D eigenvalue weighted by Gasteiger charge is 2.16. The molecule has 0 amide bonds. The van der Waals surface area contributed by atoms with E-state index in [9.17, 15) is 9.90 Å². The second-order valence-corrected chi connectivity index (χ2v) is 3.69. The smallest absolute Gasteiger partial charge is 0.503 e. The number of aromatic nitrogens is 1. The monoisotopic (exact) mass is 269 g/mol. The average Bonchev–Trinajstić information content (AvgIpc) is 2.34. The molecule has 0 radical (unpaired) electrons. The van der Waals surface area contributed by atoms with Crippen molar-refractivity contribution in [2.24, 2.45) is 0 Å². The van der Waals surface area contributed by atoms with Gasteiger partial charge in [0, 0.05) is 10.8 Å². The van der Waals surface area contributed by atoms with Crippen molar-refractivity contribution >= 4 is 28.5 Å². The number of hydrogen-bond donors (Lipinski definition) is 2. The van der Waals surface area contributed by atoms with Crippen molar-refractivity contribution in [2.45, 2.75) is 0 Å². The minimum Gasteiger partial charge on any atom is -0.503 e. The number of ether oxygens (including phenoxy) is 2. The fourth-order valence-electron chi connectivity index (χ4n) is 1.50. The van der Waals surface area contributed by atoms with Crippen LogP contribution in [0, 0.1) is 0 Å².